The van der Waals surface area contributed by atoms with Crippen molar-refractivity contribution in [2.45, 2.75) is 0 Å². The summed E-state index contributed by atoms with van der Waals surface area (Å²) >= 11 is 0. The summed E-state index contributed by atoms with van der Waals surface area (Å²) in [7, 11) is 1.59. The number of aromatic amines is 1. The zero-order valence-electron chi connectivity index (χ0n) is 9.10. The number of hydrogen-bond acceptors (Lipinski definition) is 5. The number of rotatable bonds is 2. The van der Waals surface area contributed by atoms with Crippen LogP contribution >= 0.6 is 0 Å². The van der Waals surface area contributed by atoms with Crippen LogP contribution in [0.4, 0.5) is 5.82 Å². The van der Waals surface area contributed by atoms with Crippen LogP contribution in [0, 0.1) is 0 Å². The summed E-state index contributed by atoms with van der Waals surface area (Å²) in [5, 5.41) is 6.47. The number of aromatic nitrogens is 3. The molecule has 0 bridgehead atoms. The van der Waals surface area contributed by atoms with Gasteiger partial charge in [0.15, 0.2) is 11.1 Å². The topological polar surface area (TPSA) is 90.0 Å². The number of anilines is 1. The number of nitrogens with one attached hydrogen (secondary N) is 1. The second-order valence-electron chi connectivity index (χ2n) is 3.52. The number of nitrogens with zero attached hydrogens (tertiary/aromatic N) is 2. The molecule has 3 rings (SSSR count). The molecule has 2 heterocycles. The Balaban J connectivity index is 2.24. The van der Waals surface area contributed by atoms with Gasteiger partial charge in [-0.2, -0.15) is 5.10 Å². The molecule has 0 spiro atoms. The Labute approximate surface area is 96.4 Å². The smallest absolute Gasteiger partial charge is 0.232 e. The van der Waals surface area contributed by atoms with E-state index in [0.717, 1.165) is 0 Å². The van der Waals surface area contributed by atoms with Crippen molar-refractivity contribution in [3.05, 3.63) is 24.4 Å². The summed E-state index contributed by atoms with van der Waals surface area (Å²) < 4.78 is 10.8. The molecule has 0 unspecified atom stereocenters. The maximum Gasteiger partial charge on any atom is 0.232 e. The Kier molecular flexibility index (Phi) is 2.01. The summed E-state index contributed by atoms with van der Waals surface area (Å²) in [6.45, 7) is 0. The van der Waals surface area contributed by atoms with Crippen molar-refractivity contribution in [3.63, 3.8) is 0 Å². The number of benzene rings is 1. The number of methoxy groups -OCH3 is 1. The predicted octanol–water partition coefficient (Wildman–Crippen LogP) is 1.81. The monoisotopic (exact) mass is 230 g/mol. The molecular formula is C11H10N4O2. The van der Waals surface area contributed by atoms with Crippen molar-refractivity contribution in [2.24, 2.45) is 0 Å². The molecule has 1 aromatic carbocycles. The van der Waals surface area contributed by atoms with Gasteiger partial charge >= 0.3 is 0 Å². The minimum atomic E-state index is 0.426. The number of fused-ring (bicyclic) bond motifs is 1. The molecule has 0 amide bonds. The van der Waals surface area contributed by atoms with Crippen LogP contribution in [0.25, 0.3) is 22.6 Å². The number of H-pyrrole nitrogens is 1. The van der Waals surface area contributed by atoms with Gasteiger partial charge in [0.05, 0.1) is 18.9 Å². The fourth-order valence-electron chi connectivity index (χ4n) is 1.67. The van der Waals surface area contributed by atoms with Gasteiger partial charge < -0.3 is 14.9 Å². The molecule has 0 saturated heterocycles. The average molecular weight is 230 g/mol. The molecule has 0 aliphatic carbocycles. The van der Waals surface area contributed by atoms with Crippen LogP contribution in [0.5, 0.6) is 5.75 Å². The van der Waals surface area contributed by atoms with E-state index in [4.69, 9.17) is 14.9 Å². The number of nitrogens with two attached hydrogens (primary N) is 1. The number of para-hydroxylation sites is 1. The van der Waals surface area contributed by atoms with Crippen molar-refractivity contribution >= 4 is 16.9 Å². The van der Waals surface area contributed by atoms with Crippen LogP contribution < -0.4 is 10.5 Å². The quantitative estimate of drug-likeness (QED) is 0.700. The number of hydrogen-bond donors (Lipinski definition) is 2. The number of oxazole rings is 1. The van der Waals surface area contributed by atoms with Crippen molar-refractivity contribution < 1.29 is 9.15 Å². The van der Waals surface area contributed by atoms with Gasteiger partial charge in [-0.25, -0.2) is 4.98 Å². The zero-order valence-corrected chi connectivity index (χ0v) is 9.10. The first-order chi connectivity index (χ1) is 8.29. The third kappa shape index (κ3) is 1.42. The summed E-state index contributed by atoms with van der Waals surface area (Å²) in [5.41, 5.74) is 7.68. The molecule has 6 nitrogen and oxygen atoms in total. The summed E-state index contributed by atoms with van der Waals surface area (Å²) in [5.74, 6) is 1.52. The molecule has 3 N–H and O–H groups in total. The predicted molar refractivity (Wildman–Crippen MR) is 62.6 cm³/mol. The lowest BCUT2D eigenvalue weighted by Gasteiger charge is -1.96. The first-order valence-electron chi connectivity index (χ1n) is 5.02. The number of ether oxygens (including phenoxy) is 1. The molecule has 0 radical (unpaired) electrons. The van der Waals surface area contributed by atoms with Gasteiger partial charge in [-0.3, -0.25) is 5.10 Å². The van der Waals surface area contributed by atoms with E-state index in [-0.39, 0.29) is 0 Å². The zero-order chi connectivity index (χ0) is 11.8. The maximum atomic E-state index is 5.72. The first-order valence-corrected chi connectivity index (χ1v) is 5.02. The van der Waals surface area contributed by atoms with Crippen LogP contribution in [0.2, 0.25) is 0 Å². The lowest BCUT2D eigenvalue weighted by atomic mass is 10.3. The first kappa shape index (κ1) is 9.71. The third-order valence-corrected chi connectivity index (χ3v) is 2.50. The highest BCUT2D eigenvalue weighted by Gasteiger charge is 2.14. The molecule has 2 aromatic heterocycles. The molecule has 0 atom stereocenters. The fraction of sp³-hybridized carbons (Fsp3) is 0.0909. The van der Waals surface area contributed by atoms with Crippen molar-refractivity contribution in [1.29, 1.82) is 0 Å². The van der Waals surface area contributed by atoms with Crippen molar-refractivity contribution in [2.75, 3.05) is 12.8 Å². The van der Waals surface area contributed by atoms with Crippen LogP contribution in [0.3, 0.4) is 0 Å². The standard InChI is InChI=1S/C11H10N4O2/c1-16-7-3-2-4-8-9(7)14-11(17-8)6-5-13-15-10(6)12/h2-5H,1H3,(H3,12,13,15). The molecule has 17 heavy (non-hydrogen) atoms. The Morgan fingerprint density at radius 1 is 1.41 bits per heavy atom. The molecule has 0 saturated carbocycles. The fourth-order valence-corrected chi connectivity index (χ4v) is 1.67. The SMILES string of the molecule is COc1cccc2oc(-c3cn[nH]c3N)nc12. The van der Waals surface area contributed by atoms with E-state index in [1.54, 1.807) is 13.3 Å². The molecule has 3 aromatic rings. The lowest BCUT2D eigenvalue weighted by molar-refractivity contribution is 0.419. The molecule has 6 heteroatoms. The van der Waals surface area contributed by atoms with Gasteiger partial charge in [-0.15, -0.1) is 0 Å². The molecule has 0 aliphatic rings. The maximum absolute atomic E-state index is 5.72. The Hall–Kier alpha value is -2.50. The van der Waals surface area contributed by atoms with Gasteiger partial charge in [0.1, 0.15) is 11.6 Å². The van der Waals surface area contributed by atoms with E-state index < -0.39 is 0 Å². The van der Waals surface area contributed by atoms with Crippen molar-refractivity contribution in [1.82, 2.24) is 15.2 Å². The van der Waals surface area contributed by atoms with E-state index in [9.17, 15) is 0 Å². The van der Waals surface area contributed by atoms with Crippen LogP contribution in [-0.4, -0.2) is 22.3 Å². The largest absolute Gasteiger partial charge is 0.494 e. The van der Waals surface area contributed by atoms with Gasteiger partial charge in [-0.05, 0) is 12.1 Å². The lowest BCUT2D eigenvalue weighted by Crippen LogP contribution is -1.87. The number of nitrogen functional groups attached to an aromatic ring is 1. The summed E-state index contributed by atoms with van der Waals surface area (Å²) in [4.78, 5) is 4.36. The second kappa shape index (κ2) is 3.51. The van der Waals surface area contributed by atoms with Gasteiger partial charge in [0, 0.05) is 0 Å². The molecular weight excluding hydrogens is 220 g/mol. The van der Waals surface area contributed by atoms with E-state index in [0.29, 0.717) is 34.1 Å². The van der Waals surface area contributed by atoms with Crippen LogP contribution in [0.15, 0.2) is 28.8 Å². The van der Waals surface area contributed by atoms with Crippen molar-refractivity contribution in [3.8, 4) is 17.2 Å². The van der Waals surface area contributed by atoms with E-state index in [2.05, 4.69) is 15.2 Å². The van der Waals surface area contributed by atoms with Gasteiger partial charge in [0.2, 0.25) is 5.89 Å². The normalized spacial score (nSPS) is 10.9. The van der Waals surface area contributed by atoms with E-state index in [1.165, 1.54) is 0 Å². The highest BCUT2D eigenvalue weighted by atomic mass is 16.5. The van der Waals surface area contributed by atoms with E-state index in [1.807, 2.05) is 18.2 Å². The highest BCUT2D eigenvalue weighted by Crippen LogP contribution is 2.31. The highest BCUT2D eigenvalue weighted by molar-refractivity contribution is 5.83. The summed E-state index contributed by atoms with van der Waals surface area (Å²) in [6, 6.07) is 5.49. The minimum absolute atomic E-state index is 0.426. The Morgan fingerprint density at radius 3 is 3.00 bits per heavy atom. The minimum Gasteiger partial charge on any atom is -0.494 e. The van der Waals surface area contributed by atoms with E-state index >= 15 is 0 Å². The molecule has 0 fully saturated rings. The van der Waals surface area contributed by atoms with Gasteiger partial charge in [0.25, 0.3) is 0 Å². The average Bonchev–Trinajstić information content (AvgIpc) is 2.93. The Morgan fingerprint density at radius 2 is 2.29 bits per heavy atom. The van der Waals surface area contributed by atoms with Gasteiger partial charge in [-0.1, -0.05) is 6.07 Å². The molecule has 86 valence electrons. The second-order valence-corrected chi connectivity index (χ2v) is 3.52. The van der Waals surface area contributed by atoms with Crippen LogP contribution in [0.1, 0.15) is 0 Å². The Bertz CT molecular complexity index is 671. The van der Waals surface area contributed by atoms with Crippen LogP contribution in [-0.2, 0) is 0 Å². The molecule has 0 aliphatic heterocycles. The summed E-state index contributed by atoms with van der Waals surface area (Å²) in [6.07, 6.45) is 1.58. The third-order valence-electron chi connectivity index (χ3n) is 2.50.